The molecule has 3 rings (SSSR count). The zero-order chi connectivity index (χ0) is 17.1. The number of aromatic nitrogens is 2. The van der Waals surface area contributed by atoms with Gasteiger partial charge >= 0.3 is 0 Å². The monoisotopic (exact) mass is 336 g/mol. The first-order valence-electron chi connectivity index (χ1n) is 7.62. The van der Waals surface area contributed by atoms with Crippen molar-refractivity contribution >= 4 is 17.4 Å². The van der Waals surface area contributed by atoms with Crippen LogP contribution in [0.4, 0.5) is 5.82 Å². The summed E-state index contributed by atoms with van der Waals surface area (Å²) in [6.45, 7) is 2.60. The summed E-state index contributed by atoms with van der Waals surface area (Å²) in [5, 5.41) is 14.7. The van der Waals surface area contributed by atoms with E-state index in [0.717, 1.165) is 11.1 Å². The lowest BCUT2D eigenvalue weighted by Gasteiger charge is -2.07. The highest BCUT2D eigenvalue weighted by molar-refractivity contribution is 6.30. The Balaban J connectivity index is 1.92. The van der Waals surface area contributed by atoms with Crippen molar-refractivity contribution in [3.8, 4) is 6.07 Å². The second-order valence-corrected chi connectivity index (χ2v) is 6.14. The molecule has 0 aliphatic carbocycles. The van der Waals surface area contributed by atoms with Gasteiger partial charge in [0.1, 0.15) is 17.5 Å². The maximum Gasteiger partial charge on any atom is 0.140 e. The first kappa shape index (κ1) is 16.1. The Bertz CT molecular complexity index is 904. The van der Waals surface area contributed by atoms with Gasteiger partial charge in [-0.2, -0.15) is 10.4 Å². The number of hydrogen-bond acceptors (Lipinski definition) is 3. The number of aryl methyl sites for hydroxylation is 1. The van der Waals surface area contributed by atoms with Gasteiger partial charge in [0.2, 0.25) is 0 Å². The molecule has 2 aromatic carbocycles. The van der Waals surface area contributed by atoms with Crippen LogP contribution in [0.1, 0.15) is 27.9 Å². The Morgan fingerprint density at radius 2 is 1.88 bits per heavy atom. The highest BCUT2D eigenvalue weighted by Gasteiger charge is 2.16. The van der Waals surface area contributed by atoms with Crippen molar-refractivity contribution in [2.45, 2.75) is 19.9 Å². The molecule has 0 amide bonds. The van der Waals surface area contributed by atoms with Crippen LogP contribution < -0.4 is 5.73 Å². The number of halogens is 1. The third kappa shape index (κ3) is 3.27. The molecule has 0 unspecified atom stereocenters. The van der Waals surface area contributed by atoms with Crippen LogP contribution in [-0.2, 0) is 13.0 Å². The normalized spacial score (nSPS) is 10.5. The van der Waals surface area contributed by atoms with E-state index < -0.39 is 0 Å². The lowest BCUT2D eigenvalue weighted by molar-refractivity contribution is 0.682. The fraction of sp³-hybridized carbons (Fsp3) is 0.158. The zero-order valence-electron chi connectivity index (χ0n) is 13.3. The molecule has 1 heterocycles. The van der Waals surface area contributed by atoms with Crippen molar-refractivity contribution in [1.82, 2.24) is 9.78 Å². The molecule has 2 N–H and O–H groups in total. The van der Waals surface area contributed by atoms with Gasteiger partial charge in [-0.1, -0.05) is 48.0 Å². The quantitative estimate of drug-likeness (QED) is 0.784. The summed E-state index contributed by atoms with van der Waals surface area (Å²) in [6.07, 6.45) is 0.547. The van der Waals surface area contributed by atoms with Gasteiger partial charge in [0.15, 0.2) is 0 Å². The Hall–Kier alpha value is -2.77. The van der Waals surface area contributed by atoms with E-state index in [4.69, 9.17) is 17.3 Å². The smallest absolute Gasteiger partial charge is 0.140 e. The topological polar surface area (TPSA) is 67.6 Å². The van der Waals surface area contributed by atoms with Crippen LogP contribution in [0.3, 0.4) is 0 Å². The van der Waals surface area contributed by atoms with Crippen LogP contribution in [0.5, 0.6) is 0 Å². The van der Waals surface area contributed by atoms with Gasteiger partial charge in [-0.3, -0.25) is 0 Å². The summed E-state index contributed by atoms with van der Waals surface area (Å²) in [4.78, 5) is 0. The number of hydrogen-bond donors (Lipinski definition) is 1. The lowest BCUT2D eigenvalue weighted by Crippen LogP contribution is -2.07. The van der Waals surface area contributed by atoms with Gasteiger partial charge in [-0.15, -0.1) is 0 Å². The van der Waals surface area contributed by atoms with Crippen molar-refractivity contribution in [3.05, 3.63) is 81.5 Å². The summed E-state index contributed by atoms with van der Waals surface area (Å²) in [7, 11) is 0. The molecule has 0 aliphatic heterocycles. The molecule has 0 radical (unpaired) electrons. The van der Waals surface area contributed by atoms with Crippen molar-refractivity contribution in [2.24, 2.45) is 0 Å². The van der Waals surface area contributed by atoms with E-state index in [0.29, 0.717) is 35.1 Å². The van der Waals surface area contributed by atoms with E-state index >= 15 is 0 Å². The maximum atomic E-state index is 9.45. The first-order chi connectivity index (χ1) is 11.6. The number of nitrogens with zero attached hydrogens (tertiary/aromatic N) is 3. The van der Waals surface area contributed by atoms with Gasteiger partial charge in [0.25, 0.3) is 0 Å². The van der Waals surface area contributed by atoms with Crippen LogP contribution in [0, 0.1) is 18.3 Å². The van der Waals surface area contributed by atoms with Gasteiger partial charge in [0.05, 0.1) is 12.2 Å². The van der Waals surface area contributed by atoms with Gasteiger partial charge in [-0.25, -0.2) is 4.68 Å². The van der Waals surface area contributed by atoms with Gasteiger partial charge in [-0.05, 0) is 35.7 Å². The summed E-state index contributed by atoms with van der Waals surface area (Å²) in [5.74, 6) is 0.407. The molecule has 0 fully saturated rings. The number of nitriles is 1. The molecule has 1 aromatic heterocycles. The SMILES string of the molecule is Cc1ccccc1Cn1nc(Cc2ccc(Cl)cc2)c(C#N)c1N. The minimum absolute atomic E-state index is 0.407. The average molecular weight is 337 g/mol. The van der Waals surface area contributed by atoms with Crippen LogP contribution in [0.2, 0.25) is 5.02 Å². The highest BCUT2D eigenvalue weighted by Crippen LogP contribution is 2.21. The number of nitrogens with two attached hydrogens (primary N) is 1. The van der Waals surface area contributed by atoms with E-state index in [-0.39, 0.29) is 0 Å². The molecule has 4 nitrogen and oxygen atoms in total. The summed E-state index contributed by atoms with van der Waals surface area (Å²) >= 11 is 5.92. The molecule has 0 bridgehead atoms. The molecule has 0 atom stereocenters. The van der Waals surface area contributed by atoms with Gasteiger partial charge < -0.3 is 5.73 Å². The van der Waals surface area contributed by atoms with E-state index in [2.05, 4.69) is 24.2 Å². The van der Waals surface area contributed by atoms with Crippen LogP contribution >= 0.6 is 11.6 Å². The molecule has 0 spiro atoms. The Kier molecular flexibility index (Phi) is 4.54. The fourth-order valence-electron chi connectivity index (χ4n) is 2.64. The predicted molar refractivity (Wildman–Crippen MR) is 95.9 cm³/mol. The van der Waals surface area contributed by atoms with Crippen LogP contribution in [-0.4, -0.2) is 9.78 Å². The van der Waals surface area contributed by atoms with E-state index in [1.165, 1.54) is 5.56 Å². The third-order valence-corrected chi connectivity index (χ3v) is 4.29. The number of rotatable bonds is 4. The van der Waals surface area contributed by atoms with E-state index in [1.807, 2.05) is 42.5 Å². The fourth-order valence-corrected chi connectivity index (χ4v) is 2.76. The Morgan fingerprint density at radius 1 is 1.17 bits per heavy atom. The summed E-state index contributed by atoms with van der Waals surface area (Å²) < 4.78 is 1.70. The van der Waals surface area contributed by atoms with Crippen molar-refractivity contribution in [1.29, 1.82) is 5.26 Å². The molecule has 0 saturated heterocycles. The van der Waals surface area contributed by atoms with Crippen molar-refractivity contribution < 1.29 is 0 Å². The largest absolute Gasteiger partial charge is 0.383 e. The minimum atomic E-state index is 0.407. The van der Waals surface area contributed by atoms with Gasteiger partial charge in [0, 0.05) is 11.4 Å². The maximum absolute atomic E-state index is 9.45. The molecule has 0 saturated carbocycles. The molecule has 0 aliphatic rings. The molecular formula is C19H17ClN4. The molecule has 24 heavy (non-hydrogen) atoms. The Labute approximate surface area is 146 Å². The zero-order valence-corrected chi connectivity index (χ0v) is 14.1. The number of nitrogen functional groups attached to an aromatic ring is 1. The lowest BCUT2D eigenvalue weighted by atomic mass is 10.1. The second kappa shape index (κ2) is 6.77. The summed E-state index contributed by atoms with van der Waals surface area (Å²) in [5.41, 5.74) is 10.6. The molecule has 5 heteroatoms. The Morgan fingerprint density at radius 3 is 2.54 bits per heavy atom. The third-order valence-electron chi connectivity index (χ3n) is 4.04. The van der Waals surface area contributed by atoms with Crippen molar-refractivity contribution in [2.75, 3.05) is 5.73 Å². The minimum Gasteiger partial charge on any atom is -0.383 e. The number of anilines is 1. The number of benzene rings is 2. The predicted octanol–water partition coefficient (Wildman–Crippen LogP) is 3.94. The van der Waals surface area contributed by atoms with E-state index in [1.54, 1.807) is 4.68 Å². The standard InChI is InChI=1S/C19H17ClN4/c1-13-4-2-3-5-15(13)12-24-19(22)17(11-21)18(23-24)10-14-6-8-16(20)9-7-14/h2-9H,10,12,22H2,1H3. The van der Waals surface area contributed by atoms with Crippen LogP contribution in [0.25, 0.3) is 0 Å². The molecule has 3 aromatic rings. The highest BCUT2D eigenvalue weighted by atomic mass is 35.5. The first-order valence-corrected chi connectivity index (χ1v) is 8.00. The van der Waals surface area contributed by atoms with E-state index in [9.17, 15) is 5.26 Å². The van der Waals surface area contributed by atoms with Crippen LogP contribution in [0.15, 0.2) is 48.5 Å². The molecule has 120 valence electrons. The molecular weight excluding hydrogens is 320 g/mol. The van der Waals surface area contributed by atoms with Crippen molar-refractivity contribution in [3.63, 3.8) is 0 Å². The average Bonchev–Trinajstić information content (AvgIpc) is 2.87. The summed E-state index contributed by atoms with van der Waals surface area (Å²) in [6, 6.07) is 17.8. The second-order valence-electron chi connectivity index (χ2n) is 5.71.